The fourth-order valence-electron chi connectivity index (χ4n) is 3.55. The normalized spacial score (nSPS) is 32.1. The number of hydrogen-bond donors (Lipinski definition) is 1. The summed E-state index contributed by atoms with van der Waals surface area (Å²) in [5.74, 6) is 0. The quantitative estimate of drug-likeness (QED) is 0.789. The van der Waals surface area contributed by atoms with E-state index in [-0.39, 0.29) is 6.09 Å². The molecule has 6 nitrogen and oxygen atoms in total. The van der Waals surface area contributed by atoms with Crippen molar-refractivity contribution in [1.29, 1.82) is 0 Å². The molecule has 0 aromatic rings. The second-order valence-corrected chi connectivity index (χ2v) is 5.84. The minimum atomic E-state index is -0.161. The number of nitrogens with one attached hydrogen (secondary N) is 1. The van der Waals surface area contributed by atoms with Crippen molar-refractivity contribution in [2.24, 2.45) is 0 Å². The van der Waals surface area contributed by atoms with Gasteiger partial charge in [-0.25, -0.2) is 4.79 Å². The first-order valence-electron chi connectivity index (χ1n) is 7.78. The Kier molecular flexibility index (Phi) is 4.43. The Morgan fingerprint density at radius 1 is 1.35 bits per heavy atom. The SMILES string of the molecule is CCOC(=O)N1CCC(N2C[C@@H]3NCCO[C@H]3C2)CC1. The highest BCUT2D eigenvalue weighted by atomic mass is 16.6. The zero-order chi connectivity index (χ0) is 13.9. The molecule has 3 aliphatic heterocycles. The molecule has 3 heterocycles. The summed E-state index contributed by atoms with van der Waals surface area (Å²) in [6.45, 7) is 7.83. The van der Waals surface area contributed by atoms with Crippen molar-refractivity contribution in [2.75, 3.05) is 45.9 Å². The molecule has 3 aliphatic rings. The van der Waals surface area contributed by atoms with Crippen LogP contribution in [0.2, 0.25) is 0 Å². The van der Waals surface area contributed by atoms with E-state index < -0.39 is 0 Å². The lowest BCUT2D eigenvalue weighted by Gasteiger charge is -2.36. The van der Waals surface area contributed by atoms with Crippen molar-refractivity contribution in [3.8, 4) is 0 Å². The first-order valence-corrected chi connectivity index (χ1v) is 7.78. The summed E-state index contributed by atoms with van der Waals surface area (Å²) in [6.07, 6.45) is 2.27. The number of morpholine rings is 1. The van der Waals surface area contributed by atoms with E-state index in [4.69, 9.17) is 9.47 Å². The van der Waals surface area contributed by atoms with Crippen molar-refractivity contribution < 1.29 is 14.3 Å². The maximum absolute atomic E-state index is 11.7. The van der Waals surface area contributed by atoms with Crippen LogP contribution in [-0.4, -0.2) is 80.0 Å². The molecule has 0 unspecified atom stereocenters. The van der Waals surface area contributed by atoms with Crippen molar-refractivity contribution >= 4 is 6.09 Å². The molecular weight excluding hydrogens is 258 g/mol. The van der Waals surface area contributed by atoms with E-state index in [9.17, 15) is 4.79 Å². The van der Waals surface area contributed by atoms with Gasteiger partial charge in [-0.15, -0.1) is 0 Å². The summed E-state index contributed by atoms with van der Waals surface area (Å²) < 4.78 is 10.9. The molecule has 1 amide bonds. The standard InChI is InChI=1S/C14H25N3O3/c1-2-19-14(18)16-6-3-11(4-7-16)17-9-12-13(10-17)20-8-5-15-12/h11-13,15H,2-10H2,1H3/t12-,13-/m0/s1. The molecule has 1 N–H and O–H groups in total. The zero-order valence-electron chi connectivity index (χ0n) is 12.2. The van der Waals surface area contributed by atoms with Crippen LogP contribution in [0.5, 0.6) is 0 Å². The molecule has 6 heteroatoms. The summed E-state index contributed by atoms with van der Waals surface area (Å²) in [6, 6.07) is 1.07. The molecule has 3 fully saturated rings. The van der Waals surface area contributed by atoms with Crippen LogP contribution in [0.25, 0.3) is 0 Å². The third kappa shape index (κ3) is 2.92. The number of likely N-dealkylation sites (tertiary alicyclic amines) is 2. The van der Waals surface area contributed by atoms with Gasteiger partial charge in [0, 0.05) is 44.8 Å². The van der Waals surface area contributed by atoms with Gasteiger partial charge < -0.3 is 19.7 Å². The molecule has 20 heavy (non-hydrogen) atoms. The molecular formula is C14H25N3O3. The number of carbonyl (C=O) groups excluding carboxylic acids is 1. The van der Waals surface area contributed by atoms with Gasteiger partial charge in [-0.3, -0.25) is 4.90 Å². The zero-order valence-corrected chi connectivity index (χ0v) is 12.2. The van der Waals surface area contributed by atoms with Crippen LogP contribution in [0.1, 0.15) is 19.8 Å². The number of amides is 1. The Balaban J connectivity index is 1.48. The molecule has 3 rings (SSSR count). The summed E-state index contributed by atoms with van der Waals surface area (Å²) in [5, 5.41) is 3.54. The first kappa shape index (κ1) is 14.1. The Morgan fingerprint density at radius 2 is 2.15 bits per heavy atom. The number of nitrogens with zero attached hydrogens (tertiary/aromatic N) is 2. The molecule has 0 bridgehead atoms. The van der Waals surface area contributed by atoms with Crippen LogP contribution < -0.4 is 5.32 Å². The monoisotopic (exact) mass is 283 g/mol. The smallest absolute Gasteiger partial charge is 0.409 e. The van der Waals surface area contributed by atoms with Crippen molar-refractivity contribution in [3.05, 3.63) is 0 Å². The minimum Gasteiger partial charge on any atom is -0.450 e. The maximum Gasteiger partial charge on any atom is 0.409 e. The number of piperidine rings is 1. The third-order valence-corrected chi connectivity index (χ3v) is 4.64. The minimum absolute atomic E-state index is 0.161. The lowest BCUT2D eigenvalue weighted by molar-refractivity contribution is 0.0147. The third-order valence-electron chi connectivity index (χ3n) is 4.64. The van der Waals surface area contributed by atoms with Crippen LogP contribution in [0.3, 0.4) is 0 Å². The summed E-state index contributed by atoms with van der Waals surface area (Å²) in [4.78, 5) is 16.1. The molecule has 114 valence electrons. The molecule has 0 spiro atoms. The molecule has 0 saturated carbocycles. The van der Waals surface area contributed by atoms with Crippen molar-refractivity contribution in [2.45, 2.75) is 38.0 Å². The topological polar surface area (TPSA) is 54.0 Å². The van der Waals surface area contributed by atoms with Crippen molar-refractivity contribution in [3.63, 3.8) is 0 Å². The van der Waals surface area contributed by atoms with E-state index in [0.29, 0.717) is 24.8 Å². The summed E-state index contributed by atoms with van der Waals surface area (Å²) in [5.41, 5.74) is 0. The number of rotatable bonds is 2. The van der Waals surface area contributed by atoms with Crippen molar-refractivity contribution in [1.82, 2.24) is 15.1 Å². The van der Waals surface area contributed by atoms with Gasteiger partial charge in [-0.05, 0) is 19.8 Å². The Morgan fingerprint density at radius 3 is 2.85 bits per heavy atom. The highest BCUT2D eigenvalue weighted by Crippen LogP contribution is 2.24. The molecule has 0 aromatic carbocycles. The molecule has 2 atom stereocenters. The van der Waals surface area contributed by atoms with Crippen LogP contribution >= 0.6 is 0 Å². The number of carbonyl (C=O) groups is 1. The fourth-order valence-corrected chi connectivity index (χ4v) is 3.55. The second kappa shape index (κ2) is 6.28. The predicted octanol–water partition coefficient (Wildman–Crippen LogP) is 0.280. The molecule has 3 saturated heterocycles. The molecule has 0 radical (unpaired) electrons. The van der Waals surface area contributed by atoms with Crippen LogP contribution in [0.4, 0.5) is 4.79 Å². The summed E-state index contributed by atoms with van der Waals surface area (Å²) >= 11 is 0. The molecule has 0 aliphatic carbocycles. The second-order valence-electron chi connectivity index (χ2n) is 5.84. The van der Waals surface area contributed by atoms with Crippen LogP contribution in [-0.2, 0) is 9.47 Å². The van der Waals surface area contributed by atoms with Gasteiger partial charge in [0.25, 0.3) is 0 Å². The number of hydrogen-bond acceptors (Lipinski definition) is 5. The lowest BCUT2D eigenvalue weighted by atomic mass is 10.0. The average Bonchev–Trinajstić information content (AvgIpc) is 2.91. The van der Waals surface area contributed by atoms with E-state index >= 15 is 0 Å². The van der Waals surface area contributed by atoms with Gasteiger partial charge in [0.05, 0.1) is 19.3 Å². The molecule has 0 aromatic heterocycles. The van der Waals surface area contributed by atoms with E-state index in [0.717, 1.165) is 52.2 Å². The predicted molar refractivity (Wildman–Crippen MR) is 74.7 cm³/mol. The van der Waals surface area contributed by atoms with Gasteiger partial charge in [0.2, 0.25) is 0 Å². The number of ether oxygens (including phenoxy) is 2. The van der Waals surface area contributed by atoms with E-state index in [2.05, 4.69) is 10.2 Å². The summed E-state index contributed by atoms with van der Waals surface area (Å²) in [7, 11) is 0. The maximum atomic E-state index is 11.7. The highest BCUT2D eigenvalue weighted by Gasteiger charge is 2.39. The van der Waals surface area contributed by atoms with E-state index in [1.54, 1.807) is 0 Å². The Hall–Kier alpha value is -0.850. The fraction of sp³-hybridized carbons (Fsp3) is 0.929. The van der Waals surface area contributed by atoms with Gasteiger partial charge in [0.1, 0.15) is 0 Å². The Bertz CT molecular complexity index is 331. The van der Waals surface area contributed by atoms with E-state index in [1.165, 1.54) is 0 Å². The average molecular weight is 283 g/mol. The van der Waals surface area contributed by atoms with Gasteiger partial charge in [-0.2, -0.15) is 0 Å². The van der Waals surface area contributed by atoms with E-state index in [1.807, 2.05) is 11.8 Å². The highest BCUT2D eigenvalue weighted by molar-refractivity contribution is 5.67. The number of fused-ring (bicyclic) bond motifs is 1. The first-order chi connectivity index (χ1) is 9.78. The van der Waals surface area contributed by atoms with Gasteiger partial charge in [0.15, 0.2) is 0 Å². The van der Waals surface area contributed by atoms with Gasteiger partial charge in [-0.1, -0.05) is 0 Å². The van der Waals surface area contributed by atoms with Crippen LogP contribution in [0, 0.1) is 0 Å². The Labute approximate surface area is 120 Å². The van der Waals surface area contributed by atoms with Gasteiger partial charge >= 0.3 is 6.09 Å². The lowest BCUT2D eigenvalue weighted by Crippen LogP contribution is -2.48. The largest absolute Gasteiger partial charge is 0.450 e. The van der Waals surface area contributed by atoms with Crippen LogP contribution in [0.15, 0.2) is 0 Å².